The van der Waals surface area contributed by atoms with Crippen molar-refractivity contribution in [2.75, 3.05) is 51.4 Å². The number of morpholine rings is 1. The molecule has 0 bridgehead atoms. The lowest BCUT2D eigenvalue weighted by atomic mass is 10.1. The molecule has 1 aliphatic rings. The minimum Gasteiger partial charge on any atom is -0.497 e. The first-order valence-electron chi connectivity index (χ1n) is 10.2. The number of rotatable bonds is 6. The Hall–Kier alpha value is -2.19. The van der Waals surface area contributed by atoms with Gasteiger partial charge in [0.05, 0.1) is 30.5 Å². The summed E-state index contributed by atoms with van der Waals surface area (Å²) in [6.45, 7) is 8.68. The zero-order chi connectivity index (χ0) is 21.1. The predicted octanol–water partition coefficient (Wildman–Crippen LogP) is 4.32. The molecule has 2 heterocycles. The van der Waals surface area contributed by atoms with Gasteiger partial charge in [0.25, 0.3) is 5.91 Å². The van der Waals surface area contributed by atoms with E-state index in [9.17, 15) is 4.79 Å². The van der Waals surface area contributed by atoms with Gasteiger partial charge in [-0.15, -0.1) is 12.4 Å². The number of fused-ring (bicyclic) bond motifs is 1. The van der Waals surface area contributed by atoms with Crippen LogP contribution in [-0.4, -0.2) is 62.3 Å². The third kappa shape index (κ3) is 5.54. The average Bonchev–Trinajstić information content (AvgIpc) is 3.16. The Morgan fingerprint density at radius 1 is 1.16 bits per heavy atom. The SMILES string of the molecule is COc1ccc2sc(N(CCN3CCOCC3)C(=O)c3cc(C)cc(C)c3)nc2c1.Cl. The van der Waals surface area contributed by atoms with Gasteiger partial charge in [0.2, 0.25) is 0 Å². The summed E-state index contributed by atoms with van der Waals surface area (Å²) in [5, 5.41) is 0.718. The number of hydrogen-bond acceptors (Lipinski definition) is 6. The molecule has 3 aromatic rings. The molecule has 0 atom stereocenters. The van der Waals surface area contributed by atoms with Gasteiger partial charge in [0.1, 0.15) is 5.75 Å². The van der Waals surface area contributed by atoms with Crippen molar-refractivity contribution in [3.05, 3.63) is 53.1 Å². The monoisotopic (exact) mass is 461 g/mol. The zero-order valence-corrected chi connectivity index (χ0v) is 19.7. The van der Waals surface area contributed by atoms with Gasteiger partial charge in [-0.05, 0) is 38.1 Å². The number of nitrogens with zero attached hydrogens (tertiary/aromatic N) is 3. The number of methoxy groups -OCH3 is 1. The summed E-state index contributed by atoms with van der Waals surface area (Å²) < 4.78 is 11.8. The largest absolute Gasteiger partial charge is 0.497 e. The van der Waals surface area contributed by atoms with Crippen LogP contribution in [0, 0.1) is 13.8 Å². The van der Waals surface area contributed by atoms with Crippen LogP contribution >= 0.6 is 23.7 Å². The summed E-state index contributed by atoms with van der Waals surface area (Å²) in [6, 6.07) is 11.8. The van der Waals surface area contributed by atoms with E-state index >= 15 is 0 Å². The van der Waals surface area contributed by atoms with Gasteiger partial charge in [-0.1, -0.05) is 28.5 Å². The molecular formula is C23H28ClN3O3S. The summed E-state index contributed by atoms with van der Waals surface area (Å²) in [5.74, 6) is 0.751. The van der Waals surface area contributed by atoms with E-state index in [0.29, 0.717) is 12.1 Å². The highest BCUT2D eigenvalue weighted by atomic mass is 35.5. The first-order chi connectivity index (χ1) is 14.5. The number of anilines is 1. The smallest absolute Gasteiger partial charge is 0.260 e. The minimum atomic E-state index is -0.0129. The van der Waals surface area contributed by atoms with Crippen LogP contribution in [0.3, 0.4) is 0 Å². The molecule has 0 aliphatic carbocycles. The number of halogens is 1. The maximum absolute atomic E-state index is 13.5. The van der Waals surface area contributed by atoms with Crippen molar-refractivity contribution in [1.29, 1.82) is 0 Å². The van der Waals surface area contributed by atoms with Gasteiger partial charge in [-0.25, -0.2) is 4.98 Å². The Kier molecular flexibility index (Phi) is 7.89. The molecule has 0 saturated carbocycles. The van der Waals surface area contributed by atoms with E-state index in [1.54, 1.807) is 7.11 Å². The van der Waals surface area contributed by atoms with Crippen molar-refractivity contribution in [3.63, 3.8) is 0 Å². The second-order valence-corrected chi connectivity index (χ2v) is 8.63. The summed E-state index contributed by atoms with van der Waals surface area (Å²) >= 11 is 1.54. The van der Waals surface area contributed by atoms with Gasteiger partial charge in [0, 0.05) is 37.8 Å². The second kappa shape index (κ2) is 10.4. The maximum Gasteiger partial charge on any atom is 0.260 e. The Morgan fingerprint density at radius 3 is 2.55 bits per heavy atom. The first-order valence-corrected chi connectivity index (χ1v) is 11.0. The zero-order valence-electron chi connectivity index (χ0n) is 18.1. The van der Waals surface area contributed by atoms with Crippen molar-refractivity contribution in [3.8, 4) is 5.75 Å². The van der Waals surface area contributed by atoms with E-state index < -0.39 is 0 Å². The van der Waals surface area contributed by atoms with Crippen LogP contribution in [0.4, 0.5) is 5.13 Å². The second-order valence-electron chi connectivity index (χ2n) is 7.62. The van der Waals surface area contributed by atoms with Gasteiger partial charge in [-0.2, -0.15) is 0 Å². The molecule has 4 rings (SSSR count). The average molecular weight is 462 g/mol. The molecule has 1 amide bonds. The highest BCUT2D eigenvalue weighted by Gasteiger charge is 2.23. The molecule has 166 valence electrons. The van der Waals surface area contributed by atoms with Crippen LogP contribution in [0.2, 0.25) is 0 Å². The normalized spacial score (nSPS) is 14.3. The minimum absolute atomic E-state index is 0. The van der Waals surface area contributed by atoms with Crippen LogP contribution in [0.1, 0.15) is 21.5 Å². The molecule has 31 heavy (non-hydrogen) atoms. The fourth-order valence-electron chi connectivity index (χ4n) is 3.74. The van der Waals surface area contributed by atoms with E-state index in [0.717, 1.165) is 65.1 Å². The summed E-state index contributed by atoms with van der Waals surface area (Å²) in [6.07, 6.45) is 0. The topological polar surface area (TPSA) is 54.9 Å². The van der Waals surface area contributed by atoms with Crippen molar-refractivity contribution in [2.24, 2.45) is 0 Å². The Labute approximate surface area is 193 Å². The number of carbonyl (C=O) groups excluding carboxylic acids is 1. The fourth-order valence-corrected chi connectivity index (χ4v) is 4.71. The summed E-state index contributed by atoms with van der Waals surface area (Å²) in [5.41, 5.74) is 3.71. The molecule has 6 nitrogen and oxygen atoms in total. The Bertz CT molecular complexity index is 1030. The highest BCUT2D eigenvalue weighted by molar-refractivity contribution is 7.22. The lowest BCUT2D eigenvalue weighted by molar-refractivity contribution is 0.0391. The van der Waals surface area contributed by atoms with Gasteiger partial charge >= 0.3 is 0 Å². The van der Waals surface area contributed by atoms with Crippen LogP contribution in [0.15, 0.2) is 36.4 Å². The standard InChI is InChI=1S/C23H27N3O3S.ClH/c1-16-12-17(2)14-18(13-16)22(27)26(7-6-25-8-10-29-11-9-25)23-24-20-15-19(28-3)4-5-21(20)30-23;/h4-5,12-15H,6-11H2,1-3H3;1H. The van der Waals surface area contributed by atoms with E-state index in [1.807, 2.05) is 49.1 Å². The number of aromatic nitrogens is 1. The molecule has 1 fully saturated rings. The molecule has 0 N–H and O–H groups in total. The number of carbonyl (C=O) groups is 1. The molecule has 2 aromatic carbocycles. The third-order valence-electron chi connectivity index (χ3n) is 5.27. The number of amides is 1. The van der Waals surface area contributed by atoms with Crippen molar-refractivity contribution >= 4 is 45.0 Å². The van der Waals surface area contributed by atoms with Crippen LogP contribution in [0.25, 0.3) is 10.2 Å². The van der Waals surface area contributed by atoms with Crippen molar-refractivity contribution in [2.45, 2.75) is 13.8 Å². The molecular weight excluding hydrogens is 434 g/mol. The number of aryl methyl sites for hydroxylation is 2. The van der Waals surface area contributed by atoms with Crippen LogP contribution < -0.4 is 9.64 Å². The van der Waals surface area contributed by atoms with Crippen LogP contribution in [0.5, 0.6) is 5.75 Å². The molecule has 0 unspecified atom stereocenters. The quantitative estimate of drug-likeness (QED) is 0.547. The number of ether oxygens (including phenoxy) is 2. The van der Waals surface area contributed by atoms with Crippen LogP contribution in [-0.2, 0) is 4.74 Å². The third-order valence-corrected chi connectivity index (χ3v) is 6.33. The maximum atomic E-state index is 13.5. The van der Waals surface area contributed by atoms with E-state index in [2.05, 4.69) is 11.0 Å². The fraction of sp³-hybridized carbons (Fsp3) is 0.391. The Morgan fingerprint density at radius 2 is 1.87 bits per heavy atom. The summed E-state index contributed by atoms with van der Waals surface area (Å²) in [4.78, 5) is 22.5. The van der Waals surface area contributed by atoms with Gasteiger partial charge in [0.15, 0.2) is 5.13 Å². The van der Waals surface area contributed by atoms with E-state index in [-0.39, 0.29) is 18.3 Å². The highest BCUT2D eigenvalue weighted by Crippen LogP contribution is 2.32. The van der Waals surface area contributed by atoms with E-state index in [4.69, 9.17) is 14.5 Å². The molecule has 0 radical (unpaired) electrons. The van der Waals surface area contributed by atoms with Gasteiger partial charge in [-0.3, -0.25) is 14.6 Å². The first kappa shape index (κ1) is 23.5. The molecule has 0 spiro atoms. The Balaban J connectivity index is 0.00000272. The lowest BCUT2D eigenvalue weighted by Gasteiger charge is -2.29. The molecule has 1 saturated heterocycles. The van der Waals surface area contributed by atoms with Gasteiger partial charge < -0.3 is 9.47 Å². The van der Waals surface area contributed by atoms with E-state index in [1.165, 1.54) is 11.3 Å². The van der Waals surface area contributed by atoms with Crippen molar-refractivity contribution in [1.82, 2.24) is 9.88 Å². The number of thiazole rings is 1. The molecule has 1 aliphatic heterocycles. The molecule has 8 heteroatoms. The van der Waals surface area contributed by atoms with Crippen molar-refractivity contribution < 1.29 is 14.3 Å². The molecule has 1 aromatic heterocycles. The number of benzene rings is 2. The lowest BCUT2D eigenvalue weighted by Crippen LogP contribution is -2.43. The number of hydrogen-bond donors (Lipinski definition) is 0. The summed E-state index contributed by atoms with van der Waals surface area (Å²) in [7, 11) is 1.65. The predicted molar refractivity (Wildman–Crippen MR) is 128 cm³/mol.